The lowest BCUT2D eigenvalue weighted by Crippen LogP contribution is -2.31. The molecule has 0 amide bonds. The zero-order valence-corrected chi connectivity index (χ0v) is 11.6. The van der Waals surface area contributed by atoms with Gasteiger partial charge in [0.05, 0.1) is 5.60 Å². The molecule has 0 radical (unpaired) electrons. The molecule has 2 nitrogen and oxygen atoms in total. The first-order valence-electron chi connectivity index (χ1n) is 6.00. The van der Waals surface area contributed by atoms with Crippen LogP contribution in [0.5, 0.6) is 0 Å². The molecule has 0 saturated carbocycles. The molecule has 0 saturated heterocycles. The fraction of sp³-hybridized carbons (Fsp3) is 0.533. The predicted octanol–water partition coefficient (Wildman–Crippen LogP) is 3.69. The number of aryl methyl sites for hydroxylation is 2. The van der Waals surface area contributed by atoms with Gasteiger partial charge in [0, 0.05) is 5.56 Å². The molecule has 94 valence electrons. The van der Waals surface area contributed by atoms with E-state index in [9.17, 15) is 4.79 Å². The van der Waals surface area contributed by atoms with Crippen molar-refractivity contribution in [2.45, 2.75) is 53.2 Å². The van der Waals surface area contributed by atoms with Crippen LogP contribution in [0.25, 0.3) is 0 Å². The number of ketones is 1. The second kappa shape index (κ2) is 5.01. The quantitative estimate of drug-likeness (QED) is 0.746. The summed E-state index contributed by atoms with van der Waals surface area (Å²) in [6.45, 7) is 11.6. The van der Waals surface area contributed by atoms with Crippen LogP contribution in [0.2, 0.25) is 0 Å². The summed E-state index contributed by atoms with van der Waals surface area (Å²) in [5, 5.41) is 0. The lowest BCUT2D eigenvalue weighted by atomic mass is 9.99. The highest BCUT2D eigenvalue weighted by Gasteiger charge is 2.23. The van der Waals surface area contributed by atoms with Gasteiger partial charge in [-0.2, -0.15) is 0 Å². The summed E-state index contributed by atoms with van der Waals surface area (Å²) in [5.41, 5.74) is 2.57. The first kappa shape index (κ1) is 13.9. The van der Waals surface area contributed by atoms with E-state index in [1.54, 1.807) is 0 Å². The van der Waals surface area contributed by atoms with E-state index in [1.165, 1.54) is 0 Å². The molecular weight excluding hydrogens is 212 g/mol. The van der Waals surface area contributed by atoms with Crippen molar-refractivity contribution in [2.24, 2.45) is 0 Å². The molecule has 0 spiro atoms. The SMILES string of the molecule is Cc1ccc(C)c(C(=O)C(C)OC(C)(C)C)c1. The fourth-order valence-electron chi connectivity index (χ4n) is 1.80. The van der Waals surface area contributed by atoms with Gasteiger partial charge in [0.1, 0.15) is 6.10 Å². The minimum atomic E-state index is -0.407. The van der Waals surface area contributed by atoms with Crippen LogP contribution in [0.15, 0.2) is 18.2 Å². The van der Waals surface area contributed by atoms with Crippen molar-refractivity contribution in [3.8, 4) is 0 Å². The summed E-state index contributed by atoms with van der Waals surface area (Å²) in [7, 11) is 0. The Morgan fingerprint density at radius 3 is 2.35 bits per heavy atom. The smallest absolute Gasteiger partial charge is 0.191 e. The van der Waals surface area contributed by atoms with E-state index >= 15 is 0 Å². The van der Waals surface area contributed by atoms with E-state index in [0.717, 1.165) is 16.7 Å². The molecule has 0 aliphatic heterocycles. The van der Waals surface area contributed by atoms with E-state index in [2.05, 4.69) is 0 Å². The van der Waals surface area contributed by atoms with E-state index in [0.29, 0.717) is 0 Å². The van der Waals surface area contributed by atoms with Crippen molar-refractivity contribution >= 4 is 5.78 Å². The molecule has 0 aliphatic rings. The van der Waals surface area contributed by atoms with Crippen molar-refractivity contribution < 1.29 is 9.53 Å². The number of hydrogen-bond donors (Lipinski definition) is 0. The third-order valence-corrected chi connectivity index (χ3v) is 2.56. The standard InChI is InChI=1S/C15H22O2/c1-10-7-8-11(2)13(9-10)14(16)12(3)17-15(4,5)6/h7-9,12H,1-6H3. The average Bonchev–Trinajstić information content (AvgIpc) is 2.18. The monoisotopic (exact) mass is 234 g/mol. The van der Waals surface area contributed by atoms with E-state index in [-0.39, 0.29) is 11.4 Å². The molecule has 0 fully saturated rings. The van der Waals surface area contributed by atoms with Gasteiger partial charge in [-0.3, -0.25) is 4.79 Å². The largest absolute Gasteiger partial charge is 0.365 e. The van der Waals surface area contributed by atoms with Crippen LogP contribution in [0, 0.1) is 13.8 Å². The molecule has 1 aromatic rings. The Labute approximate surface area is 104 Å². The summed E-state index contributed by atoms with van der Waals surface area (Å²) in [4.78, 5) is 12.3. The third-order valence-electron chi connectivity index (χ3n) is 2.56. The Hall–Kier alpha value is -1.15. The zero-order chi connectivity index (χ0) is 13.2. The number of Topliss-reactive ketones (excluding diaryl/α,β-unsaturated/α-hetero) is 1. The molecule has 1 aromatic carbocycles. The first-order chi connectivity index (χ1) is 7.70. The van der Waals surface area contributed by atoms with Gasteiger partial charge in [-0.25, -0.2) is 0 Å². The average molecular weight is 234 g/mol. The van der Waals surface area contributed by atoms with Crippen molar-refractivity contribution in [3.05, 3.63) is 34.9 Å². The Kier molecular flexibility index (Phi) is 4.10. The van der Waals surface area contributed by atoms with Crippen LogP contribution in [-0.2, 0) is 4.74 Å². The maximum atomic E-state index is 12.3. The van der Waals surface area contributed by atoms with Crippen molar-refractivity contribution in [2.75, 3.05) is 0 Å². The zero-order valence-electron chi connectivity index (χ0n) is 11.6. The highest BCUT2D eigenvalue weighted by Crippen LogP contribution is 2.18. The summed E-state index contributed by atoms with van der Waals surface area (Å²) in [5.74, 6) is 0.0566. The van der Waals surface area contributed by atoms with Gasteiger partial charge in [-0.15, -0.1) is 0 Å². The van der Waals surface area contributed by atoms with Crippen LogP contribution in [0.4, 0.5) is 0 Å². The first-order valence-corrected chi connectivity index (χ1v) is 6.00. The Balaban J connectivity index is 2.93. The Morgan fingerprint density at radius 1 is 1.24 bits per heavy atom. The fourth-order valence-corrected chi connectivity index (χ4v) is 1.80. The lowest BCUT2D eigenvalue weighted by Gasteiger charge is -2.24. The number of benzene rings is 1. The molecule has 0 bridgehead atoms. The summed E-state index contributed by atoms with van der Waals surface area (Å²) < 4.78 is 5.70. The highest BCUT2D eigenvalue weighted by atomic mass is 16.5. The summed E-state index contributed by atoms with van der Waals surface area (Å²) in [6.07, 6.45) is -0.407. The summed E-state index contributed by atoms with van der Waals surface area (Å²) >= 11 is 0. The van der Waals surface area contributed by atoms with Crippen LogP contribution in [-0.4, -0.2) is 17.5 Å². The maximum absolute atomic E-state index is 12.3. The summed E-state index contributed by atoms with van der Waals surface area (Å²) in [6, 6.07) is 5.92. The molecule has 0 N–H and O–H groups in total. The second-order valence-electron chi connectivity index (χ2n) is 5.56. The molecule has 1 atom stereocenters. The van der Waals surface area contributed by atoms with E-state index in [1.807, 2.05) is 59.7 Å². The van der Waals surface area contributed by atoms with E-state index in [4.69, 9.17) is 4.74 Å². The maximum Gasteiger partial charge on any atom is 0.191 e. The highest BCUT2D eigenvalue weighted by molar-refractivity contribution is 6.00. The van der Waals surface area contributed by atoms with Gasteiger partial charge < -0.3 is 4.74 Å². The normalized spacial score (nSPS) is 13.5. The molecule has 17 heavy (non-hydrogen) atoms. The minimum Gasteiger partial charge on any atom is -0.365 e. The molecule has 0 aliphatic carbocycles. The molecule has 1 rings (SSSR count). The van der Waals surface area contributed by atoms with Crippen LogP contribution in [0.1, 0.15) is 49.2 Å². The third kappa shape index (κ3) is 3.97. The van der Waals surface area contributed by atoms with Gasteiger partial charge in [0.15, 0.2) is 5.78 Å². The number of carbonyl (C=O) groups excluding carboxylic acids is 1. The van der Waals surface area contributed by atoms with Gasteiger partial charge in [-0.05, 0) is 53.2 Å². The number of hydrogen-bond acceptors (Lipinski definition) is 2. The van der Waals surface area contributed by atoms with Crippen molar-refractivity contribution in [1.82, 2.24) is 0 Å². The molecular formula is C15H22O2. The van der Waals surface area contributed by atoms with Crippen molar-refractivity contribution in [3.63, 3.8) is 0 Å². The second-order valence-corrected chi connectivity index (χ2v) is 5.56. The van der Waals surface area contributed by atoms with Gasteiger partial charge in [0.25, 0.3) is 0 Å². The van der Waals surface area contributed by atoms with Crippen LogP contribution < -0.4 is 0 Å². The number of carbonyl (C=O) groups is 1. The molecule has 0 aromatic heterocycles. The molecule has 2 heteroatoms. The number of ether oxygens (including phenoxy) is 1. The Bertz CT molecular complexity index is 413. The van der Waals surface area contributed by atoms with Crippen LogP contribution >= 0.6 is 0 Å². The van der Waals surface area contributed by atoms with Crippen LogP contribution in [0.3, 0.4) is 0 Å². The van der Waals surface area contributed by atoms with E-state index < -0.39 is 6.10 Å². The van der Waals surface area contributed by atoms with Crippen molar-refractivity contribution in [1.29, 1.82) is 0 Å². The molecule has 0 heterocycles. The molecule has 1 unspecified atom stereocenters. The van der Waals surface area contributed by atoms with Gasteiger partial charge in [-0.1, -0.05) is 17.7 Å². The Morgan fingerprint density at radius 2 is 1.82 bits per heavy atom. The topological polar surface area (TPSA) is 26.3 Å². The van der Waals surface area contributed by atoms with Gasteiger partial charge in [0.2, 0.25) is 0 Å². The minimum absolute atomic E-state index is 0.0566. The lowest BCUT2D eigenvalue weighted by molar-refractivity contribution is -0.0382. The van der Waals surface area contributed by atoms with Gasteiger partial charge >= 0.3 is 0 Å². The predicted molar refractivity (Wildman–Crippen MR) is 70.5 cm³/mol. The number of rotatable bonds is 3.